The van der Waals surface area contributed by atoms with Gasteiger partial charge in [0.05, 0.1) is 12.1 Å². The summed E-state index contributed by atoms with van der Waals surface area (Å²) in [6.45, 7) is 6.04. The minimum Gasteiger partial charge on any atom is -0.338 e. The second kappa shape index (κ2) is 37.3. The third kappa shape index (κ3) is 31.3. The van der Waals surface area contributed by atoms with Gasteiger partial charge in [-0.05, 0) is 25.7 Å². The summed E-state index contributed by atoms with van der Waals surface area (Å²) in [7, 11) is 0. The molecule has 1 rings (SSSR count). The molecule has 0 aromatic carbocycles. The molecule has 6 heteroatoms. The van der Waals surface area contributed by atoms with Gasteiger partial charge in [-0.15, -0.1) is 0 Å². The maximum Gasteiger partial charge on any atom is 0.315 e. The van der Waals surface area contributed by atoms with Crippen molar-refractivity contribution in [1.29, 1.82) is 0 Å². The van der Waals surface area contributed by atoms with Crippen molar-refractivity contribution in [3.05, 3.63) is 0 Å². The van der Waals surface area contributed by atoms with E-state index in [4.69, 9.17) is 0 Å². The van der Waals surface area contributed by atoms with E-state index in [0.29, 0.717) is 0 Å². The SMILES string of the molecule is CCCCCCCCCCCCCCCCCCNC(=O)NC1CCCCC1NC(=O)NCCCCCCCCCCCCCCCCCC. The van der Waals surface area contributed by atoms with Crippen LogP contribution in [0.2, 0.25) is 0 Å². The van der Waals surface area contributed by atoms with Crippen LogP contribution in [0.3, 0.4) is 0 Å². The molecule has 0 aliphatic heterocycles. The third-order valence-electron chi connectivity index (χ3n) is 11.0. The van der Waals surface area contributed by atoms with Crippen molar-refractivity contribution in [2.24, 2.45) is 0 Å². The molecule has 0 heterocycles. The summed E-state index contributed by atoms with van der Waals surface area (Å²) in [6, 6.07) is -0.150. The molecule has 6 nitrogen and oxygen atoms in total. The van der Waals surface area contributed by atoms with Crippen molar-refractivity contribution in [2.75, 3.05) is 13.1 Å². The highest BCUT2D eigenvalue weighted by molar-refractivity contribution is 5.75. The number of unbranched alkanes of at least 4 members (excludes halogenated alkanes) is 30. The molecule has 0 saturated heterocycles. The van der Waals surface area contributed by atoms with E-state index >= 15 is 0 Å². The molecule has 4 N–H and O–H groups in total. The molecule has 4 amide bonds. The summed E-state index contributed by atoms with van der Waals surface area (Å²) in [5, 5.41) is 12.4. The predicted molar refractivity (Wildman–Crippen MR) is 218 cm³/mol. The summed E-state index contributed by atoms with van der Waals surface area (Å²) < 4.78 is 0. The molecule has 1 saturated carbocycles. The smallest absolute Gasteiger partial charge is 0.315 e. The molecule has 0 bridgehead atoms. The molecule has 0 spiro atoms. The van der Waals surface area contributed by atoms with Gasteiger partial charge in [-0.2, -0.15) is 0 Å². The van der Waals surface area contributed by atoms with Crippen LogP contribution in [-0.2, 0) is 0 Å². The lowest BCUT2D eigenvalue weighted by Crippen LogP contribution is -2.56. The molecule has 0 aromatic heterocycles. The van der Waals surface area contributed by atoms with Crippen LogP contribution in [0.4, 0.5) is 9.59 Å². The van der Waals surface area contributed by atoms with Gasteiger partial charge in [0.25, 0.3) is 0 Å². The Morgan fingerprint density at radius 3 is 0.820 bits per heavy atom. The second-order valence-corrected chi connectivity index (χ2v) is 15.9. The first-order valence-corrected chi connectivity index (χ1v) is 22.8. The molecule has 0 aromatic rings. The average Bonchev–Trinajstić information content (AvgIpc) is 3.11. The summed E-state index contributed by atoms with van der Waals surface area (Å²) in [5.74, 6) is 0. The highest BCUT2D eigenvalue weighted by atomic mass is 16.2. The average molecular weight is 705 g/mol. The minimum atomic E-state index is -0.0850. The first-order valence-electron chi connectivity index (χ1n) is 22.8. The Balaban J connectivity index is 1.93. The largest absolute Gasteiger partial charge is 0.338 e. The van der Waals surface area contributed by atoms with Crippen molar-refractivity contribution in [1.82, 2.24) is 21.3 Å². The van der Waals surface area contributed by atoms with Crippen LogP contribution < -0.4 is 21.3 Å². The van der Waals surface area contributed by atoms with Crippen molar-refractivity contribution >= 4 is 12.1 Å². The minimum absolute atomic E-state index is 0.0100. The number of hydrogen-bond donors (Lipinski definition) is 4. The van der Waals surface area contributed by atoms with Gasteiger partial charge in [0.15, 0.2) is 0 Å². The van der Waals surface area contributed by atoms with Crippen molar-refractivity contribution < 1.29 is 9.59 Å². The van der Waals surface area contributed by atoms with Crippen molar-refractivity contribution in [3.8, 4) is 0 Å². The molecule has 1 fully saturated rings. The molecule has 2 unspecified atom stereocenters. The standard InChI is InChI=1S/C44H88N4O2/c1-3-5-7-9-11-13-15-17-19-21-23-25-27-29-31-35-39-45-43(49)47-41-37-33-34-38-42(41)48-44(50)46-40-36-32-30-28-26-24-22-20-18-16-14-12-10-8-6-4-2/h41-42H,3-40H2,1-2H3,(H2,45,47,49)(H2,46,48,50). The number of carbonyl (C=O) groups is 2. The fourth-order valence-corrected chi connectivity index (χ4v) is 7.67. The van der Waals surface area contributed by atoms with Crippen LogP contribution in [-0.4, -0.2) is 37.2 Å². The number of carbonyl (C=O) groups excluding carboxylic acids is 2. The van der Waals surface area contributed by atoms with Crippen LogP contribution in [0.5, 0.6) is 0 Å². The van der Waals surface area contributed by atoms with E-state index in [0.717, 1.165) is 51.6 Å². The fraction of sp³-hybridized carbons (Fsp3) is 0.955. The lowest BCUT2D eigenvalue weighted by Gasteiger charge is -2.32. The molecule has 1 aliphatic rings. The first kappa shape index (κ1) is 46.6. The molecule has 50 heavy (non-hydrogen) atoms. The lowest BCUT2D eigenvalue weighted by molar-refractivity contribution is 0.213. The van der Waals surface area contributed by atoms with Gasteiger partial charge in [0, 0.05) is 13.1 Å². The first-order chi connectivity index (χ1) is 24.7. The normalized spacial score (nSPS) is 16.0. The second-order valence-electron chi connectivity index (χ2n) is 15.9. The number of amides is 4. The van der Waals surface area contributed by atoms with Gasteiger partial charge in [-0.25, -0.2) is 9.59 Å². The molecule has 296 valence electrons. The van der Waals surface area contributed by atoms with E-state index in [1.54, 1.807) is 0 Å². The van der Waals surface area contributed by atoms with Crippen LogP contribution >= 0.6 is 0 Å². The number of rotatable bonds is 36. The Bertz CT molecular complexity index is 673. The summed E-state index contributed by atoms with van der Waals surface area (Å²) >= 11 is 0. The van der Waals surface area contributed by atoms with Crippen LogP contribution in [0.1, 0.15) is 245 Å². The Morgan fingerprint density at radius 1 is 0.360 bits per heavy atom. The number of hydrogen-bond acceptors (Lipinski definition) is 2. The number of urea groups is 2. The topological polar surface area (TPSA) is 82.3 Å². The fourth-order valence-electron chi connectivity index (χ4n) is 7.67. The van der Waals surface area contributed by atoms with Crippen molar-refractivity contribution in [3.63, 3.8) is 0 Å². The van der Waals surface area contributed by atoms with Gasteiger partial charge >= 0.3 is 12.1 Å². The van der Waals surface area contributed by atoms with Gasteiger partial charge < -0.3 is 21.3 Å². The molecule has 0 radical (unpaired) electrons. The van der Waals surface area contributed by atoms with Crippen molar-refractivity contribution in [2.45, 2.75) is 257 Å². The molecule has 1 aliphatic carbocycles. The van der Waals surface area contributed by atoms with Crippen LogP contribution in [0.15, 0.2) is 0 Å². The monoisotopic (exact) mass is 705 g/mol. The Hall–Kier alpha value is -1.46. The van der Waals surface area contributed by atoms with Gasteiger partial charge in [0.2, 0.25) is 0 Å². The van der Waals surface area contributed by atoms with E-state index in [1.807, 2.05) is 0 Å². The zero-order valence-corrected chi connectivity index (χ0v) is 33.8. The zero-order chi connectivity index (χ0) is 36.0. The third-order valence-corrected chi connectivity index (χ3v) is 11.0. The van der Waals surface area contributed by atoms with E-state index in [-0.39, 0.29) is 24.1 Å². The van der Waals surface area contributed by atoms with Gasteiger partial charge in [-0.1, -0.05) is 219 Å². The summed E-state index contributed by atoms with van der Waals surface area (Å²) in [6.07, 6.45) is 47.5. The quantitative estimate of drug-likeness (QED) is 0.0490. The van der Waals surface area contributed by atoms with Gasteiger partial charge in [-0.3, -0.25) is 0 Å². The van der Waals surface area contributed by atoms with Gasteiger partial charge in [0.1, 0.15) is 0 Å². The Kier molecular flexibility index (Phi) is 34.7. The zero-order valence-electron chi connectivity index (χ0n) is 33.8. The maximum absolute atomic E-state index is 12.6. The van der Waals surface area contributed by atoms with E-state index in [9.17, 15) is 9.59 Å². The van der Waals surface area contributed by atoms with Crippen LogP contribution in [0.25, 0.3) is 0 Å². The molecular weight excluding hydrogens is 617 g/mol. The van der Waals surface area contributed by atoms with Crippen LogP contribution in [0, 0.1) is 0 Å². The maximum atomic E-state index is 12.6. The van der Waals surface area contributed by atoms with E-state index < -0.39 is 0 Å². The molecular formula is C44H88N4O2. The summed E-state index contributed by atoms with van der Waals surface area (Å²) in [4.78, 5) is 25.2. The Morgan fingerprint density at radius 2 is 0.580 bits per heavy atom. The number of nitrogens with one attached hydrogen (secondary N) is 4. The summed E-state index contributed by atoms with van der Waals surface area (Å²) in [5.41, 5.74) is 0. The molecule has 2 atom stereocenters. The predicted octanol–water partition coefficient (Wildman–Crippen LogP) is 13.4. The van der Waals surface area contributed by atoms with E-state index in [1.165, 1.54) is 193 Å². The highest BCUT2D eigenvalue weighted by Gasteiger charge is 2.27. The van der Waals surface area contributed by atoms with E-state index in [2.05, 4.69) is 35.1 Å². The lowest BCUT2D eigenvalue weighted by atomic mass is 9.90. The Labute approximate surface area is 312 Å². The highest BCUT2D eigenvalue weighted by Crippen LogP contribution is 2.19.